The number of non-ortho nitro benzene ring substituents is 1. The van der Waals surface area contributed by atoms with Crippen LogP contribution < -0.4 is 5.32 Å². The van der Waals surface area contributed by atoms with Gasteiger partial charge in [-0.3, -0.25) is 14.9 Å². The van der Waals surface area contributed by atoms with Crippen molar-refractivity contribution >= 4 is 17.2 Å². The Morgan fingerprint density at radius 1 is 1.19 bits per heavy atom. The number of carbonyl (C=O) groups excluding carboxylic acids is 1. The quantitative estimate of drug-likeness (QED) is 0.623. The molecule has 0 saturated carbocycles. The molecule has 0 unspecified atom stereocenters. The number of benzene rings is 1. The summed E-state index contributed by atoms with van der Waals surface area (Å²) in [5.74, 6) is 0.115. The molecule has 0 aromatic heterocycles. The summed E-state index contributed by atoms with van der Waals surface area (Å²) in [6.07, 6.45) is 2.81. The van der Waals surface area contributed by atoms with E-state index in [1.807, 2.05) is 0 Å². The summed E-state index contributed by atoms with van der Waals surface area (Å²) in [4.78, 5) is 21.0. The van der Waals surface area contributed by atoms with Crippen molar-refractivity contribution in [2.24, 2.45) is 0 Å². The highest BCUT2D eigenvalue weighted by Gasteiger charge is 2.12. The Bertz CT molecular complexity index is 463. The maximum Gasteiger partial charge on any atom is 0.269 e. The number of nitro groups is 1. The maximum atomic E-state index is 11.0. The van der Waals surface area contributed by atoms with Gasteiger partial charge < -0.3 is 5.32 Å². The van der Waals surface area contributed by atoms with Gasteiger partial charge in [0.05, 0.1) is 4.92 Å². The van der Waals surface area contributed by atoms with Crippen LogP contribution in [0.1, 0.15) is 12.8 Å². The van der Waals surface area contributed by atoms with Gasteiger partial charge in [-0.05, 0) is 18.6 Å². The number of anilines is 1. The van der Waals surface area contributed by atoms with Crippen molar-refractivity contribution in [3.63, 3.8) is 0 Å². The number of nitrogens with zero attached hydrogens (tertiary/aromatic N) is 1. The number of nitro benzene ring substituents is 1. The van der Waals surface area contributed by atoms with Crippen LogP contribution in [0.2, 0.25) is 0 Å². The first-order valence-corrected chi connectivity index (χ1v) is 4.90. The van der Waals surface area contributed by atoms with Crippen molar-refractivity contribution < 1.29 is 9.72 Å². The Labute approximate surface area is 91.9 Å². The lowest BCUT2D eigenvalue weighted by molar-refractivity contribution is -0.384. The van der Waals surface area contributed by atoms with Gasteiger partial charge in [0.25, 0.3) is 5.69 Å². The van der Waals surface area contributed by atoms with E-state index in [4.69, 9.17) is 0 Å². The zero-order valence-corrected chi connectivity index (χ0v) is 8.47. The summed E-state index contributed by atoms with van der Waals surface area (Å²) in [5, 5.41) is 13.5. The Hall–Kier alpha value is -2.17. The van der Waals surface area contributed by atoms with Crippen molar-refractivity contribution in [3.05, 3.63) is 46.2 Å². The molecule has 1 aliphatic carbocycles. The predicted octanol–water partition coefficient (Wildman–Crippen LogP) is 2.25. The molecule has 0 saturated heterocycles. The highest BCUT2D eigenvalue weighted by Crippen LogP contribution is 2.20. The van der Waals surface area contributed by atoms with E-state index < -0.39 is 4.92 Å². The molecular weight excluding hydrogens is 208 g/mol. The van der Waals surface area contributed by atoms with E-state index in [1.165, 1.54) is 12.1 Å². The zero-order chi connectivity index (χ0) is 11.5. The second-order valence-electron chi connectivity index (χ2n) is 3.56. The Balaban J connectivity index is 2.08. The molecule has 2 rings (SSSR count). The molecule has 1 N–H and O–H groups in total. The van der Waals surface area contributed by atoms with E-state index in [0.717, 1.165) is 11.4 Å². The monoisotopic (exact) mass is 218 g/mol. The molecule has 1 aromatic rings. The largest absolute Gasteiger partial charge is 0.359 e. The van der Waals surface area contributed by atoms with Crippen LogP contribution >= 0.6 is 0 Å². The minimum atomic E-state index is -0.442. The minimum absolute atomic E-state index is 0.0574. The fourth-order valence-corrected chi connectivity index (χ4v) is 1.55. The zero-order valence-electron chi connectivity index (χ0n) is 8.47. The lowest BCUT2D eigenvalue weighted by Gasteiger charge is -2.05. The van der Waals surface area contributed by atoms with Gasteiger partial charge in [-0.25, -0.2) is 0 Å². The number of rotatable bonds is 3. The van der Waals surface area contributed by atoms with Crippen LogP contribution in [-0.2, 0) is 4.79 Å². The van der Waals surface area contributed by atoms with Gasteiger partial charge in [-0.15, -0.1) is 0 Å². The molecule has 5 heteroatoms. The third-order valence-corrected chi connectivity index (χ3v) is 2.36. The number of ketones is 1. The smallest absolute Gasteiger partial charge is 0.269 e. The highest BCUT2D eigenvalue weighted by molar-refractivity contribution is 5.93. The van der Waals surface area contributed by atoms with E-state index in [0.29, 0.717) is 12.8 Å². The van der Waals surface area contributed by atoms with Crippen LogP contribution in [0.5, 0.6) is 0 Å². The number of hydrogen-bond donors (Lipinski definition) is 1. The van der Waals surface area contributed by atoms with Gasteiger partial charge in [-0.1, -0.05) is 0 Å². The fraction of sp³-hybridized carbons (Fsp3) is 0.182. The summed E-state index contributed by atoms with van der Waals surface area (Å²) in [6.45, 7) is 0. The van der Waals surface area contributed by atoms with E-state index >= 15 is 0 Å². The molecule has 1 aromatic carbocycles. The molecule has 82 valence electrons. The van der Waals surface area contributed by atoms with E-state index in [-0.39, 0.29) is 11.5 Å². The molecule has 0 spiro atoms. The molecular formula is C11H10N2O3. The van der Waals surface area contributed by atoms with Crippen molar-refractivity contribution in [2.45, 2.75) is 12.8 Å². The van der Waals surface area contributed by atoms with Crippen molar-refractivity contribution in [2.75, 3.05) is 5.32 Å². The molecule has 0 atom stereocenters. The Kier molecular flexibility index (Phi) is 2.68. The van der Waals surface area contributed by atoms with Gasteiger partial charge in [0.1, 0.15) is 0 Å². The van der Waals surface area contributed by atoms with Crippen molar-refractivity contribution in [3.8, 4) is 0 Å². The Morgan fingerprint density at radius 2 is 1.88 bits per heavy atom. The first-order valence-electron chi connectivity index (χ1n) is 4.90. The molecule has 5 nitrogen and oxygen atoms in total. The summed E-state index contributed by atoms with van der Waals surface area (Å²) in [5.41, 5.74) is 1.67. The standard InChI is InChI=1S/C11H10N2O3/c14-11-6-3-9(7-11)12-8-1-4-10(5-2-8)13(15)16/h1-2,4-5,7,12H,3,6H2. The summed E-state index contributed by atoms with van der Waals surface area (Å²) in [6, 6.07) is 6.11. The topological polar surface area (TPSA) is 72.2 Å². The highest BCUT2D eigenvalue weighted by atomic mass is 16.6. The summed E-state index contributed by atoms with van der Waals surface area (Å²) >= 11 is 0. The number of hydrogen-bond acceptors (Lipinski definition) is 4. The van der Waals surface area contributed by atoms with E-state index in [2.05, 4.69) is 5.32 Å². The van der Waals surface area contributed by atoms with Crippen molar-refractivity contribution in [1.29, 1.82) is 0 Å². The van der Waals surface area contributed by atoms with Gasteiger partial charge >= 0.3 is 0 Å². The lowest BCUT2D eigenvalue weighted by Crippen LogP contribution is -1.96. The maximum absolute atomic E-state index is 11.0. The first kappa shape index (κ1) is 10.4. The Morgan fingerprint density at radius 3 is 2.38 bits per heavy atom. The second kappa shape index (κ2) is 4.14. The van der Waals surface area contributed by atoms with E-state index in [1.54, 1.807) is 18.2 Å². The summed E-state index contributed by atoms with van der Waals surface area (Å²) in [7, 11) is 0. The molecule has 0 aliphatic heterocycles. The van der Waals surface area contributed by atoms with Gasteiger partial charge in [0.2, 0.25) is 0 Å². The third-order valence-electron chi connectivity index (χ3n) is 2.36. The van der Waals surface area contributed by atoms with Crippen LogP contribution in [0.3, 0.4) is 0 Å². The van der Waals surface area contributed by atoms with Gasteiger partial charge in [0.15, 0.2) is 5.78 Å². The number of carbonyl (C=O) groups is 1. The second-order valence-corrected chi connectivity index (χ2v) is 3.56. The van der Waals surface area contributed by atoms with Crippen LogP contribution in [0.4, 0.5) is 11.4 Å². The molecule has 1 aliphatic rings. The molecule has 0 bridgehead atoms. The van der Waals surface area contributed by atoms with Crippen LogP contribution in [0.15, 0.2) is 36.0 Å². The predicted molar refractivity (Wildman–Crippen MR) is 59.0 cm³/mol. The fourth-order valence-electron chi connectivity index (χ4n) is 1.55. The molecule has 16 heavy (non-hydrogen) atoms. The van der Waals surface area contributed by atoms with E-state index in [9.17, 15) is 14.9 Å². The lowest BCUT2D eigenvalue weighted by atomic mass is 10.2. The molecule has 0 fully saturated rings. The van der Waals surface area contributed by atoms with Gasteiger partial charge in [-0.2, -0.15) is 0 Å². The summed E-state index contributed by atoms with van der Waals surface area (Å²) < 4.78 is 0. The first-order chi connectivity index (χ1) is 7.65. The van der Waals surface area contributed by atoms with Gasteiger partial charge in [0, 0.05) is 36.0 Å². The van der Waals surface area contributed by atoms with Crippen LogP contribution in [0, 0.1) is 10.1 Å². The number of allylic oxidation sites excluding steroid dienone is 2. The third kappa shape index (κ3) is 2.25. The van der Waals surface area contributed by atoms with Crippen LogP contribution in [0.25, 0.3) is 0 Å². The normalized spacial score (nSPS) is 14.8. The SMILES string of the molecule is O=C1C=C(Nc2ccc([N+](=O)[O-])cc2)CC1. The number of nitrogens with one attached hydrogen (secondary N) is 1. The average Bonchev–Trinajstić information content (AvgIpc) is 2.65. The molecule has 0 radical (unpaired) electrons. The molecule has 0 heterocycles. The average molecular weight is 218 g/mol. The molecule has 0 amide bonds. The van der Waals surface area contributed by atoms with Crippen LogP contribution in [-0.4, -0.2) is 10.7 Å². The minimum Gasteiger partial charge on any atom is -0.359 e. The van der Waals surface area contributed by atoms with Crippen molar-refractivity contribution in [1.82, 2.24) is 0 Å².